The lowest BCUT2D eigenvalue weighted by atomic mass is 10.0. The van der Waals surface area contributed by atoms with Crippen LogP contribution < -0.4 is 5.11 Å². The van der Waals surface area contributed by atoms with Crippen LogP contribution in [0.4, 0.5) is 0 Å². The molecule has 0 fully saturated rings. The van der Waals surface area contributed by atoms with E-state index in [0.717, 1.165) is 109 Å². The second-order valence-electron chi connectivity index (χ2n) is 23.4. The molecule has 0 aromatic rings. The molecule has 0 radical (unpaired) electrons. The normalized spacial score (nSPS) is 13.5. The lowest BCUT2D eigenvalue weighted by Crippen LogP contribution is -2.44. The highest BCUT2D eigenvalue weighted by Crippen LogP contribution is 2.16. The van der Waals surface area contributed by atoms with Crippen LogP contribution in [0.25, 0.3) is 0 Å². The number of allylic oxidation sites excluding steroid dienone is 20. The molecule has 0 N–H and O–H groups in total. The van der Waals surface area contributed by atoms with E-state index < -0.39 is 24.3 Å². The van der Waals surface area contributed by atoms with E-state index in [4.69, 9.17) is 18.9 Å². The lowest BCUT2D eigenvalue weighted by Gasteiger charge is -2.26. The maximum Gasteiger partial charge on any atom is 0.306 e. The number of carbonyl (C=O) groups excluding carboxylic acids is 3. The minimum Gasteiger partial charge on any atom is -0.545 e. The number of hydrogen-bond acceptors (Lipinski definition) is 8. The van der Waals surface area contributed by atoms with Gasteiger partial charge in [-0.25, -0.2) is 0 Å². The zero-order chi connectivity index (χ0) is 60.5. The molecule has 0 aliphatic carbocycles. The summed E-state index contributed by atoms with van der Waals surface area (Å²) in [5.74, 6) is -2.30. The van der Waals surface area contributed by atoms with Crippen molar-refractivity contribution in [3.63, 3.8) is 0 Å². The quantitative estimate of drug-likeness (QED) is 0.0195. The molecule has 0 spiro atoms. The van der Waals surface area contributed by atoms with Crippen LogP contribution in [0.3, 0.4) is 0 Å². The summed E-state index contributed by atoms with van der Waals surface area (Å²) in [7, 11) is 5.92. The Morgan fingerprint density at radius 1 is 0.373 bits per heavy atom. The smallest absolute Gasteiger partial charge is 0.306 e. The number of aliphatic carboxylic acids is 1. The number of nitrogens with zero attached hydrogens (tertiary/aromatic N) is 1. The second kappa shape index (κ2) is 63.7. The Balaban J connectivity index is 4.09. The van der Waals surface area contributed by atoms with E-state index in [1.807, 2.05) is 21.1 Å². The number of ether oxygens (including phenoxy) is 4. The van der Waals surface area contributed by atoms with Crippen LogP contribution in [-0.4, -0.2) is 82.3 Å². The van der Waals surface area contributed by atoms with Crippen LogP contribution in [0.1, 0.15) is 271 Å². The van der Waals surface area contributed by atoms with E-state index in [0.29, 0.717) is 17.4 Å². The second-order valence-corrected chi connectivity index (χ2v) is 23.4. The molecule has 474 valence electrons. The van der Waals surface area contributed by atoms with Crippen LogP contribution in [0.15, 0.2) is 122 Å². The molecule has 2 unspecified atom stereocenters. The Bertz CT molecular complexity index is 1780. The zero-order valence-electron chi connectivity index (χ0n) is 54.0. The molecule has 2 atom stereocenters. The highest BCUT2D eigenvalue weighted by molar-refractivity contribution is 5.70. The van der Waals surface area contributed by atoms with Crippen molar-refractivity contribution in [1.29, 1.82) is 0 Å². The average Bonchev–Trinajstić information content (AvgIpc) is 3.46. The Hall–Kier alpha value is -4.31. The van der Waals surface area contributed by atoms with Crippen LogP contribution in [-0.2, 0) is 33.3 Å². The number of hydrogen-bond donors (Lipinski definition) is 0. The van der Waals surface area contributed by atoms with Gasteiger partial charge in [0.05, 0.1) is 40.3 Å². The summed E-state index contributed by atoms with van der Waals surface area (Å²) < 4.78 is 22.7. The van der Waals surface area contributed by atoms with Gasteiger partial charge in [0.2, 0.25) is 0 Å². The van der Waals surface area contributed by atoms with Crippen molar-refractivity contribution in [2.24, 2.45) is 0 Å². The van der Waals surface area contributed by atoms with Gasteiger partial charge in [0.25, 0.3) is 0 Å². The van der Waals surface area contributed by atoms with Gasteiger partial charge >= 0.3 is 11.9 Å². The fraction of sp³-hybridized carbons (Fsp3) is 0.689. The Morgan fingerprint density at radius 3 is 1.02 bits per heavy atom. The first kappa shape index (κ1) is 78.7. The van der Waals surface area contributed by atoms with Gasteiger partial charge in [0.1, 0.15) is 13.2 Å². The first-order valence-electron chi connectivity index (χ1n) is 33.7. The third-order valence-corrected chi connectivity index (χ3v) is 14.2. The molecule has 0 saturated carbocycles. The zero-order valence-corrected chi connectivity index (χ0v) is 54.0. The third kappa shape index (κ3) is 65.1. The maximum absolute atomic E-state index is 12.9. The van der Waals surface area contributed by atoms with Crippen LogP contribution in [0, 0.1) is 0 Å². The summed E-state index contributed by atoms with van der Waals surface area (Å²) in [6.07, 6.45) is 87.0. The molecule has 0 aromatic carbocycles. The van der Waals surface area contributed by atoms with E-state index in [-0.39, 0.29) is 38.6 Å². The van der Waals surface area contributed by atoms with E-state index in [2.05, 4.69) is 135 Å². The molecule has 0 saturated heterocycles. The molecule has 0 bridgehead atoms. The molecule has 0 amide bonds. The summed E-state index contributed by atoms with van der Waals surface area (Å²) in [5.41, 5.74) is 0. The molecule has 0 aliphatic rings. The van der Waals surface area contributed by atoms with E-state index in [9.17, 15) is 19.5 Å². The fourth-order valence-corrected chi connectivity index (χ4v) is 9.05. The number of carboxylic acids is 1. The van der Waals surface area contributed by atoms with Gasteiger partial charge in [-0.05, 0) is 109 Å². The first-order valence-corrected chi connectivity index (χ1v) is 33.7. The first-order chi connectivity index (χ1) is 40.6. The highest BCUT2D eigenvalue weighted by Gasteiger charge is 2.22. The van der Waals surface area contributed by atoms with E-state index in [1.54, 1.807) is 0 Å². The van der Waals surface area contributed by atoms with Gasteiger partial charge in [0.15, 0.2) is 12.4 Å². The van der Waals surface area contributed by atoms with Crippen molar-refractivity contribution in [3.05, 3.63) is 122 Å². The predicted molar refractivity (Wildman–Crippen MR) is 352 cm³/mol. The van der Waals surface area contributed by atoms with Gasteiger partial charge < -0.3 is 33.3 Å². The van der Waals surface area contributed by atoms with E-state index in [1.165, 1.54) is 128 Å². The summed E-state index contributed by atoms with van der Waals surface area (Å²) in [5, 5.41) is 11.8. The van der Waals surface area contributed by atoms with Gasteiger partial charge in [-0.1, -0.05) is 270 Å². The van der Waals surface area contributed by atoms with Crippen molar-refractivity contribution in [2.45, 2.75) is 283 Å². The summed E-state index contributed by atoms with van der Waals surface area (Å²) in [6, 6.07) is 0. The predicted octanol–water partition coefficient (Wildman–Crippen LogP) is 19.5. The lowest BCUT2D eigenvalue weighted by molar-refractivity contribution is -0.870. The van der Waals surface area contributed by atoms with E-state index >= 15 is 0 Å². The molecule has 0 aliphatic heterocycles. The number of quaternary nitrogens is 1. The maximum atomic E-state index is 12.9. The summed E-state index contributed by atoms with van der Waals surface area (Å²) >= 11 is 0. The summed E-state index contributed by atoms with van der Waals surface area (Å²) in [4.78, 5) is 37.4. The Kier molecular flexibility index (Phi) is 60.4. The third-order valence-electron chi connectivity index (χ3n) is 14.2. The van der Waals surface area contributed by atoms with Gasteiger partial charge in [-0.15, -0.1) is 0 Å². The van der Waals surface area contributed by atoms with Crippen molar-refractivity contribution in [3.8, 4) is 0 Å². The molecule has 0 rings (SSSR count). The van der Waals surface area contributed by atoms with Crippen molar-refractivity contribution in [1.82, 2.24) is 0 Å². The molecule has 0 aromatic heterocycles. The topological polar surface area (TPSA) is 111 Å². The molecular weight excluding hydrogens is 1030 g/mol. The fourth-order valence-electron chi connectivity index (χ4n) is 9.05. The number of likely N-dealkylation sites (N-methyl/N-ethyl adjacent to an activating group) is 1. The SMILES string of the molecule is CC/C=C\C/C=C\C/C=C\C/C=C\C/C=C\C/C=C\C/C=C\CCCCCCCCCCCCCCCCCCCC(=O)OC(COC(=O)CCCCCCCC/C=C\C/C=C\C/C=C\CCCCC)COC(OCC[N+](C)(C)C)C(=O)[O-]. The highest BCUT2D eigenvalue weighted by atomic mass is 16.7. The molecular formula is C74H125NO8. The minimum atomic E-state index is -1.63. The van der Waals surface area contributed by atoms with Gasteiger partial charge in [0, 0.05) is 12.8 Å². The number of unbranched alkanes of at least 4 members (excludes halogenated alkanes) is 26. The molecule has 83 heavy (non-hydrogen) atoms. The molecule has 0 heterocycles. The number of carbonyl (C=O) groups is 3. The van der Waals surface area contributed by atoms with Gasteiger partial charge in [-0.2, -0.15) is 0 Å². The van der Waals surface area contributed by atoms with Crippen molar-refractivity contribution >= 4 is 17.9 Å². The average molecular weight is 1160 g/mol. The largest absolute Gasteiger partial charge is 0.545 e. The monoisotopic (exact) mass is 1160 g/mol. The number of rotatable bonds is 61. The number of carboxylic acid groups (broad SMARTS) is 1. The van der Waals surface area contributed by atoms with Crippen LogP contribution in [0.5, 0.6) is 0 Å². The van der Waals surface area contributed by atoms with Crippen molar-refractivity contribution < 1.29 is 42.9 Å². The molecule has 9 nitrogen and oxygen atoms in total. The number of esters is 2. The summed E-state index contributed by atoms with van der Waals surface area (Å²) in [6.45, 7) is 4.60. The molecule has 9 heteroatoms. The Morgan fingerprint density at radius 2 is 0.687 bits per heavy atom. The van der Waals surface area contributed by atoms with Crippen LogP contribution >= 0.6 is 0 Å². The standard InChI is InChI=1S/C74H125NO8/c1-6-8-10-12-14-16-18-20-22-24-26-27-28-29-30-31-32-33-34-35-36-37-38-39-40-41-42-43-44-45-47-49-51-53-55-57-59-61-63-65-72(77)83-70(69-82-74(73(78)79)80-67-66-75(3,4)5)68-81-71(76)64-62-60-58-56-54-52-50-48-46-25-23-21-19-17-15-13-11-9-7-2/h8,10,14-17,20-23,26-27,29-30,32-33,35-36,46,48,70,74H,6-7,9,11-13,18-19,24-25,28,31,34,37-45,47,49-69H2,1-5H3/b10-8-,16-14-,17-15-,22-20-,23-21-,27-26-,30-29-,33-32-,36-35-,48-46-. The van der Waals surface area contributed by atoms with Crippen LogP contribution in [0.2, 0.25) is 0 Å². The van der Waals surface area contributed by atoms with Gasteiger partial charge in [-0.3, -0.25) is 9.59 Å². The minimum absolute atomic E-state index is 0.141. The van der Waals surface area contributed by atoms with Crippen molar-refractivity contribution in [2.75, 3.05) is 47.5 Å². The Labute approximate surface area is 510 Å².